The summed E-state index contributed by atoms with van der Waals surface area (Å²) in [6.45, 7) is 6.63. The average molecular weight is 430 g/mol. The standard InChI is InChI=1S/C22H31N5O4/c1-21(2,3)16-9-15(23-19(29)24-16)18(28)27-12-6-7-13(27)11-22(10-12)14-5-4-8-31-17(14)25-20(30)26-22/h9,12-14,17H,4-8,10-11H2,1-3H3,(H,23,24,29)(H2,25,26,30)/t12?,13?,14-,17+,22?/m1/s1. The van der Waals surface area contributed by atoms with Crippen LogP contribution >= 0.6 is 0 Å². The quantitative estimate of drug-likeness (QED) is 0.628. The van der Waals surface area contributed by atoms with Crippen molar-refractivity contribution in [3.05, 3.63) is 27.9 Å². The van der Waals surface area contributed by atoms with Crippen LogP contribution in [0.1, 0.15) is 75.5 Å². The third kappa shape index (κ3) is 3.43. The first-order valence-corrected chi connectivity index (χ1v) is 11.3. The lowest BCUT2D eigenvalue weighted by Gasteiger charge is -2.55. The summed E-state index contributed by atoms with van der Waals surface area (Å²) in [6, 6.07) is 1.57. The molecule has 2 unspecified atom stereocenters. The number of nitrogens with zero attached hydrogens (tertiary/aromatic N) is 2. The van der Waals surface area contributed by atoms with E-state index in [0.29, 0.717) is 25.1 Å². The normalized spacial score (nSPS) is 34.8. The van der Waals surface area contributed by atoms with E-state index in [1.165, 1.54) is 0 Å². The summed E-state index contributed by atoms with van der Waals surface area (Å²) in [5.41, 5.74) is -0.241. The Hall–Kier alpha value is -2.42. The lowest BCUT2D eigenvalue weighted by molar-refractivity contribution is -0.0993. The van der Waals surface area contributed by atoms with Gasteiger partial charge in [-0.2, -0.15) is 4.98 Å². The van der Waals surface area contributed by atoms with Crippen LogP contribution in [0.25, 0.3) is 0 Å². The number of hydrogen-bond acceptors (Lipinski definition) is 5. The topological polar surface area (TPSA) is 116 Å². The van der Waals surface area contributed by atoms with Gasteiger partial charge in [0, 0.05) is 35.7 Å². The first kappa shape index (κ1) is 20.5. The highest BCUT2D eigenvalue weighted by Gasteiger charge is 2.58. The van der Waals surface area contributed by atoms with Crippen LogP contribution in [0.2, 0.25) is 0 Å². The van der Waals surface area contributed by atoms with Crippen molar-refractivity contribution < 1.29 is 14.3 Å². The number of aromatic nitrogens is 2. The Kier molecular flexibility index (Phi) is 4.66. The molecule has 1 aromatic rings. The van der Waals surface area contributed by atoms with E-state index in [-0.39, 0.29) is 52.8 Å². The Morgan fingerprint density at radius 1 is 1.19 bits per heavy atom. The van der Waals surface area contributed by atoms with Crippen molar-refractivity contribution in [3.63, 3.8) is 0 Å². The Balaban J connectivity index is 1.43. The number of carbonyl (C=O) groups is 2. The molecule has 168 valence electrons. The number of urea groups is 1. The van der Waals surface area contributed by atoms with Crippen LogP contribution in [0.5, 0.6) is 0 Å². The van der Waals surface area contributed by atoms with E-state index >= 15 is 0 Å². The van der Waals surface area contributed by atoms with Crippen molar-refractivity contribution in [2.75, 3.05) is 6.61 Å². The summed E-state index contributed by atoms with van der Waals surface area (Å²) in [7, 11) is 0. The van der Waals surface area contributed by atoms with Gasteiger partial charge in [-0.1, -0.05) is 20.8 Å². The highest BCUT2D eigenvalue weighted by molar-refractivity contribution is 5.93. The lowest BCUT2D eigenvalue weighted by atomic mass is 9.69. The minimum atomic E-state index is -0.496. The minimum Gasteiger partial charge on any atom is -0.358 e. The van der Waals surface area contributed by atoms with Crippen LogP contribution in [0.4, 0.5) is 4.79 Å². The fraction of sp³-hybridized carbons (Fsp3) is 0.727. The first-order valence-electron chi connectivity index (χ1n) is 11.3. The molecule has 31 heavy (non-hydrogen) atoms. The van der Waals surface area contributed by atoms with Crippen molar-refractivity contribution in [2.24, 2.45) is 5.92 Å². The van der Waals surface area contributed by atoms with Gasteiger partial charge in [0.25, 0.3) is 5.91 Å². The van der Waals surface area contributed by atoms with E-state index in [9.17, 15) is 14.4 Å². The zero-order chi connectivity index (χ0) is 22.0. The van der Waals surface area contributed by atoms with Crippen molar-refractivity contribution in [1.29, 1.82) is 0 Å². The molecule has 5 heterocycles. The van der Waals surface area contributed by atoms with Crippen molar-refractivity contribution in [2.45, 2.75) is 88.6 Å². The third-order valence-electron chi connectivity index (χ3n) is 7.49. The smallest absolute Gasteiger partial charge is 0.345 e. The molecule has 4 aliphatic heterocycles. The predicted octanol–water partition coefficient (Wildman–Crippen LogP) is 1.64. The monoisotopic (exact) mass is 429 g/mol. The molecule has 4 saturated heterocycles. The Labute approximate surface area is 181 Å². The molecule has 1 spiro atoms. The third-order valence-corrected chi connectivity index (χ3v) is 7.49. The zero-order valence-corrected chi connectivity index (χ0v) is 18.4. The lowest BCUT2D eigenvalue weighted by Crippen LogP contribution is -2.73. The second-order valence-electron chi connectivity index (χ2n) is 10.5. The van der Waals surface area contributed by atoms with Gasteiger partial charge < -0.3 is 25.3 Å². The van der Waals surface area contributed by atoms with E-state index in [1.54, 1.807) is 6.07 Å². The molecule has 9 nitrogen and oxygen atoms in total. The highest BCUT2D eigenvalue weighted by atomic mass is 16.5. The zero-order valence-electron chi connectivity index (χ0n) is 18.4. The Bertz CT molecular complexity index is 953. The molecular weight excluding hydrogens is 398 g/mol. The number of piperidine rings is 1. The van der Waals surface area contributed by atoms with Crippen molar-refractivity contribution in [1.82, 2.24) is 25.5 Å². The van der Waals surface area contributed by atoms with Gasteiger partial charge >= 0.3 is 11.7 Å². The SMILES string of the molecule is CC(C)(C)c1cc(C(=O)N2C3CCC2CC2(C3)NC(=O)N[C@H]3OCCC[C@H]32)nc(=O)[nH]1. The molecule has 5 rings (SSSR count). The summed E-state index contributed by atoms with van der Waals surface area (Å²) in [5, 5.41) is 6.16. The highest BCUT2D eigenvalue weighted by Crippen LogP contribution is 2.48. The fourth-order valence-electron chi connectivity index (χ4n) is 6.10. The van der Waals surface area contributed by atoms with Crippen LogP contribution in [-0.2, 0) is 10.2 Å². The Morgan fingerprint density at radius 3 is 2.58 bits per heavy atom. The van der Waals surface area contributed by atoms with E-state index in [0.717, 1.165) is 25.7 Å². The summed E-state index contributed by atoms with van der Waals surface area (Å²) in [4.78, 5) is 46.7. The van der Waals surface area contributed by atoms with Gasteiger partial charge in [-0.3, -0.25) is 4.79 Å². The van der Waals surface area contributed by atoms with Gasteiger partial charge in [0.2, 0.25) is 0 Å². The van der Waals surface area contributed by atoms with Gasteiger partial charge in [0.15, 0.2) is 0 Å². The van der Waals surface area contributed by atoms with E-state index < -0.39 is 5.69 Å². The Morgan fingerprint density at radius 2 is 1.90 bits per heavy atom. The number of aromatic amines is 1. The number of carbonyl (C=O) groups excluding carboxylic acids is 2. The maximum atomic E-state index is 13.5. The van der Waals surface area contributed by atoms with E-state index in [1.807, 2.05) is 25.7 Å². The number of fused-ring (bicyclic) bond motifs is 4. The fourth-order valence-corrected chi connectivity index (χ4v) is 6.10. The summed E-state index contributed by atoms with van der Waals surface area (Å²) < 4.78 is 5.87. The van der Waals surface area contributed by atoms with Crippen LogP contribution in [0.15, 0.2) is 10.9 Å². The molecule has 3 amide bonds. The molecule has 3 N–H and O–H groups in total. The number of hydrogen-bond donors (Lipinski definition) is 3. The predicted molar refractivity (Wildman–Crippen MR) is 113 cm³/mol. The number of ether oxygens (including phenoxy) is 1. The number of H-pyrrole nitrogens is 1. The van der Waals surface area contributed by atoms with Gasteiger partial charge in [0.05, 0.1) is 5.54 Å². The molecule has 4 atom stereocenters. The van der Waals surface area contributed by atoms with Crippen LogP contribution in [0.3, 0.4) is 0 Å². The maximum Gasteiger partial charge on any atom is 0.345 e. The van der Waals surface area contributed by atoms with Gasteiger partial charge in [-0.15, -0.1) is 0 Å². The molecular formula is C22H31N5O4. The van der Waals surface area contributed by atoms with Gasteiger partial charge in [-0.25, -0.2) is 9.59 Å². The molecule has 0 radical (unpaired) electrons. The number of rotatable bonds is 1. The first-order chi connectivity index (χ1) is 14.7. The van der Waals surface area contributed by atoms with Gasteiger partial charge in [-0.05, 0) is 44.6 Å². The molecule has 0 saturated carbocycles. The molecule has 4 aliphatic rings. The van der Waals surface area contributed by atoms with Crippen LogP contribution in [-0.4, -0.2) is 57.3 Å². The van der Waals surface area contributed by atoms with E-state index in [2.05, 4.69) is 20.6 Å². The second kappa shape index (κ2) is 7.05. The van der Waals surface area contributed by atoms with Crippen LogP contribution < -0.4 is 16.3 Å². The average Bonchev–Trinajstić information content (AvgIpc) is 2.98. The summed E-state index contributed by atoms with van der Waals surface area (Å²) in [5.74, 6) is 0.0140. The number of amides is 3. The molecule has 0 aromatic carbocycles. The van der Waals surface area contributed by atoms with Crippen molar-refractivity contribution in [3.8, 4) is 0 Å². The van der Waals surface area contributed by atoms with Gasteiger partial charge in [0.1, 0.15) is 11.9 Å². The summed E-state index contributed by atoms with van der Waals surface area (Å²) in [6.07, 6.45) is 4.93. The molecule has 1 aromatic heterocycles. The largest absolute Gasteiger partial charge is 0.358 e. The maximum absolute atomic E-state index is 13.5. The molecule has 4 fully saturated rings. The molecule has 9 heteroatoms. The van der Waals surface area contributed by atoms with E-state index in [4.69, 9.17) is 4.74 Å². The second-order valence-corrected chi connectivity index (χ2v) is 10.5. The summed E-state index contributed by atoms with van der Waals surface area (Å²) >= 11 is 0. The van der Waals surface area contributed by atoms with Crippen LogP contribution in [0, 0.1) is 5.92 Å². The molecule has 0 aliphatic carbocycles. The number of nitrogens with one attached hydrogen (secondary N) is 3. The molecule has 2 bridgehead atoms. The minimum absolute atomic E-state index is 0.0198. The van der Waals surface area contributed by atoms with Crippen molar-refractivity contribution >= 4 is 11.9 Å².